The van der Waals surface area contributed by atoms with Crippen LogP contribution in [0.4, 0.5) is 14.4 Å². The Morgan fingerprint density at radius 1 is 1.00 bits per heavy atom. The van der Waals surface area contributed by atoms with Crippen molar-refractivity contribution in [1.29, 1.82) is 0 Å². The first kappa shape index (κ1) is 23.5. The summed E-state index contributed by atoms with van der Waals surface area (Å²) in [4.78, 5) is 46.4. The van der Waals surface area contributed by atoms with Crippen molar-refractivity contribution in [2.45, 2.75) is 38.8 Å². The molecule has 0 radical (unpaired) electrons. The molecule has 0 aliphatic rings. The lowest BCUT2D eigenvalue weighted by Gasteiger charge is -2.22. The second-order valence-corrected chi connectivity index (χ2v) is 6.70. The quantitative estimate of drug-likeness (QED) is 0.405. The molecule has 0 spiro atoms. The van der Waals surface area contributed by atoms with Crippen LogP contribution < -0.4 is 20.5 Å². The largest absolute Gasteiger partial charge is 0.513 e. The van der Waals surface area contributed by atoms with E-state index >= 15 is 0 Å². The molecule has 0 saturated heterocycles. The van der Waals surface area contributed by atoms with Crippen molar-refractivity contribution >= 4 is 24.3 Å². The van der Waals surface area contributed by atoms with Crippen LogP contribution in [0.5, 0.6) is 11.5 Å². The van der Waals surface area contributed by atoms with Gasteiger partial charge in [0.25, 0.3) is 0 Å². The van der Waals surface area contributed by atoms with Gasteiger partial charge in [-0.3, -0.25) is 4.79 Å². The van der Waals surface area contributed by atoms with Crippen LogP contribution in [0.2, 0.25) is 0 Å². The Balaban J connectivity index is 3.06. The smallest absolute Gasteiger partial charge is 0.444 e. The first-order valence-electron chi connectivity index (χ1n) is 8.38. The van der Waals surface area contributed by atoms with Gasteiger partial charge in [-0.15, -0.1) is 0 Å². The molecule has 0 aromatic heterocycles. The molecule has 0 bridgehead atoms. The molecular weight excluding hydrogens is 388 g/mol. The van der Waals surface area contributed by atoms with Crippen molar-refractivity contribution in [3.8, 4) is 11.5 Å². The Hall–Kier alpha value is -3.50. The minimum absolute atomic E-state index is 0.0510. The Bertz CT molecular complexity index is 771. The maximum Gasteiger partial charge on any atom is 0.513 e. The van der Waals surface area contributed by atoms with Crippen LogP contribution in [0, 0.1) is 0 Å². The fourth-order valence-corrected chi connectivity index (χ4v) is 2.01. The minimum Gasteiger partial charge on any atom is -0.444 e. The second-order valence-electron chi connectivity index (χ2n) is 6.70. The summed E-state index contributed by atoms with van der Waals surface area (Å²) in [6, 6.07) is 3.01. The van der Waals surface area contributed by atoms with Crippen molar-refractivity contribution in [1.82, 2.24) is 5.32 Å². The number of nitrogens with one attached hydrogen (secondary N) is 1. The predicted molar refractivity (Wildman–Crippen MR) is 98.6 cm³/mol. The molecule has 11 heteroatoms. The van der Waals surface area contributed by atoms with Crippen LogP contribution >= 0.6 is 0 Å². The number of amides is 2. The van der Waals surface area contributed by atoms with Crippen molar-refractivity contribution in [3.05, 3.63) is 23.8 Å². The molecule has 0 saturated carbocycles. The molecule has 1 unspecified atom stereocenters. The molecule has 0 fully saturated rings. The molecule has 11 nitrogen and oxygen atoms in total. The highest BCUT2D eigenvalue weighted by atomic mass is 16.7. The van der Waals surface area contributed by atoms with Gasteiger partial charge in [0.2, 0.25) is 5.91 Å². The highest BCUT2D eigenvalue weighted by Gasteiger charge is 2.24. The lowest BCUT2D eigenvalue weighted by atomic mass is 10.0. The van der Waals surface area contributed by atoms with E-state index in [2.05, 4.69) is 14.8 Å². The fraction of sp³-hybridized carbons (Fsp3) is 0.444. The van der Waals surface area contributed by atoms with E-state index in [1.165, 1.54) is 18.2 Å². The first-order valence-corrected chi connectivity index (χ1v) is 8.38. The number of hydrogen-bond acceptors (Lipinski definition) is 9. The van der Waals surface area contributed by atoms with E-state index in [0.717, 1.165) is 14.2 Å². The summed E-state index contributed by atoms with van der Waals surface area (Å²) in [7, 11) is 2.21. The van der Waals surface area contributed by atoms with Crippen molar-refractivity contribution in [3.63, 3.8) is 0 Å². The van der Waals surface area contributed by atoms with Crippen LogP contribution in [0.3, 0.4) is 0 Å². The number of primary amides is 1. The number of hydrogen-bond donors (Lipinski definition) is 2. The molecule has 29 heavy (non-hydrogen) atoms. The fourth-order valence-electron chi connectivity index (χ4n) is 2.01. The lowest BCUT2D eigenvalue weighted by Crippen LogP contribution is -2.47. The zero-order valence-corrected chi connectivity index (χ0v) is 16.8. The predicted octanol–water partition coefficient (Wildman–Crippen LogP) is 1.90. The average Bonchev–Trinajstić information content (AvgIpc) is 2.61. The molecule has 3 N–H and O–H groups in total. The summed E-state index contributed by atoms with van der Waals surface area (Å²) in [5, 5.41) is 2.38. The van der Waals surface area contributed by atoms with E-state index < -0.39 is 36.0 Å². The van der Waals surface area contributed by atoms with Gasteiger partial charge in [-0.25, -0.2) is 14.4 Å². The van der Waals surface area contributed by atoms with E-state index in [1.807, 2.05) is 0 Å². The van der Waals surface area contributed by atoms with E-state index in [9.17, 15) is 19.2 Å². The molecule has 1 rings (SSSR count). The third kappa shape index (κ3) is 8.37. The Morgan fingerprint density at radius 3 is 2.03 bits per heavy atom. The standard InChI is InChI=1S/C18H24N2O9/c1-18(2,3)29-15(22)20-11(14(19)21)8-10-6-7-12(27-16(23)25-4)13(9-10)28-17(24)26-5/h6-7,9,11H,8H2,1-5H3,(H2,19,21)(H,20,22). The lowest BCUT2D eigenvalue weighted by molar-refractivity contribution is -0.120. The van der Waals surface area contributed by atoms with E-state index in [-0.39, 0.29) is 17.9 Å². The maximum atomic E-state index is 11.9. The third-order valence-corrected chi connectivity index (χ3v) is 3.20. The van der Waals surface area contributed by atoms with Gasteiger partial charge in [-0.05, 0) is 38.5 Å². The summed E-state index contributed by atoms with van der Waals surface area (Å²) in [6.07, 6.45) is -2.97. The van der Waals surface area contributed by atoms with Crippen molar-refractivity contribution < 1.29 is 42.9 Å². The molecule has 1 aromatic carbocycles. The SMILES string of the molecule is COC(=O)Oc1ccc(CC(NC(=O)OC(C)(C)C)C(N)=O)cc1OC(=O)OC. The van der Waals surface area contributed by atoms with Gasteiger partial charge >= 0.3 is 18.4 Å². The van der Waals surface area contributed by atoms with Gasteiger partial charge in [-0.1, -0.05) is 6.07 Å². The first-order chi connectivity index (χ1) is 13.4. The van der Waals surface area contributed by atoms with Crippen LogP contribution in [-0.2, 0) is 25.4 Å². The summed E-state index contributed by atoms with van der Waals surface area (Å²) in [6.45, 7) is 5.01. The van der Waals surface area contributed by atoms with Gasteiger partial charge in [0.15, 0.2) is 11.5 Å². The van der Waals surface area contributed by atoms with Gasteiger partial charge < -0.3 is 34.7 Å². The maximum absolute atomic E-state index is 11.9. The molecular formula is C18H24N2O9. The number of carbonyl (C=O) groups is 4. The second kappa shape index (κ2) is 10.2. The van der Waals surface area contributed by atoms with Gasteiger partial charge in [-0.2, -0.15) is 0 Å². The highest BCUT2D eigenvalue weighted by molar-refractivity contribution is 5.84. The summed E-state index contributed by atoms with van der Waals surface area (Å²) < 4.78 is 23.8. The van der Waals surface area contributed by atoms with Crippen molar-refractivity contribution in [2.24, 2.45) is 5.73 Å². The van der Waals surface area contributed by atoms with Gasteiger partial charge in [0.05, 0.1) is 14.2 Å². The normalized spacial score (nSPS) is 11.6. The van der Waals surface area contributed by atoms with E-state index in [0.29, 0.717) is 5.56 Å². The Kier molecular flexibility index (Phi) is 8.24. The zero-order chi connectivity index (χ0) is 22.2. The Labute approximate surface area is 167 Å². The molecule has 0 aliphatic heterocycles. The number of rotatable bonds is 6. The number of alkyl carbamates (subject to hydrolysis) is 1. The van der Waals surface area contributed by atoms with E-state index in [1.54, 1.807) is 20.8 Å². The van der Waals surface area contributed by atoms with Crippen LogP contribution in [-0.4, -0.2) is 50.2 Å². The molecule has 1 aromatic rings. The van der Waals surface area contributed by atoms with Crippen LogP contribution in [0.25, 0.3) is 0 Å². The van der Waals surface area contributed by atoms with E-state index in [4.69, 9.17) is 19.9 Å². The average molecular weight is 412 g/mol. The number of nitrogens with two attached hydrogens (primary N) is 1. The number of ether oxygens (including phenoxy) is 5. The van der Waals surface area contributed by atoms with Gasteiger partial charge in [0.1, 0.15) is 11.6 Å². The summed E-state index contributed by atoms with van der Waals surface area (Å²) in [5.41, 5.74) is 5.02. The summed E-state index contributed by atoms with van der Waals surface area (Å²) >= 11 is 0. The third-order valence-electron chi connectivity index (χ3n) is 3.20. The molecule has 2 amide bonds. The molecule has 0 aliphatic carbocycles. The van der Waals surface area contributed by atoms with Gasteiger partial charge in [0, 0.05) is 6.42 Å². The molecule has 160 valence electrons. The Morgan fingerprint density at radius 2 is 1.55 bits per heavy atom. The van der Waals surface area contributed by atoms with Crippen molar-refractivity contribution in [2.75, 3.05) is 14.2 Å². The molecule has 1 atom stereocenters. The zero-order valence-electron chi connectivity index (χ0n) is 16.8. The van der Waals surface area contributed by atoms with Crippen LogP contribution in [0.1, 0.15) is 26.3 Å². The molecule has 0 heterocycles. The number of carbonyl (C=O) groups excluding carboxylic acids is 4. The number of methoxy groups -OCH3 is 2. The summed E-state index contributed by atoms with van der Waals surface area (Å²) in [5.74, 6) is -1.09. The highest BCUT2D eigenvalue weighted by Crippen LogP contribution is 2.30. The minimum atomic E-state index is -1.11. The van der Waals surface area contributed by atoms with Crippen LogP contribution in [0.15, 0.2) is 18.2 Å². The monoisotopic (exact) mass is 412 g/mol. The topological polar surface area (TPSA) is 152 Å². The number of benzene rings is 1.